The van der Waals surface area contributed by atoms with Gasteiger partial charge >= 0.3 is 0 Å². The van der Waals surface area contributed by atoms with Crippen molar-refractivity contribution in [2.75, 3.05) is 46.2 Å². The highest BCUT2D eigenvalue weighted by atomic mass is 16.5. The summed E-state index contributed by atoms with van der Waals surface area (Å²) in [6.07, 6.45) is 0. The van der Waals surface area contributed by atoms with Gasteiger partial charge in [-0.3, -0.25) is 9.59 Å². The maximum Gasteiger partial charge on any atom is 0.262 e. The Bertz CT molecular complexity index is 777. The van der Waals surface area contributed by atoms with Gasteiger partial charge in [0.25, 0.3) is 11.8 Å². The van der Waals surface area contributed by atoms with Crippen LogP contribution in [0.3, 0.4) is 0 Å². The summed E-state index contributed by atoms with van der Waals surface area (Å²) < 4.78 is 10.6. The number of ether oxygens (including phenoxy) is 2. The Kier molecular flexibility index (Phi) is 7.63. The molecular formula is C20H25N3O4. The maximum atomic E-state index is 12.2. The van der Waals surface area contributed by atoms with E-state index < -0.39 is 0 Å². The van der Waals surface area contributed by atoms with Gasteiger partial charge in [0.15, 0.2) is 6.61 Å². The summed E-state index contributed by atoms with van der Waals surface area (Å²) in [5.74, 6) is 0.697. The minimum atomic E-state index is -0.317. The van der Waals surface area contributed by atoms with E-state index in [1.807, 2.05) is 19.0 Å². The van der Waals surface area contributed by atoms with Crippen molar-refractivity contribution in [2.24, 2.45) is 0 Å². The molecule has 0 aliphatic rings. The van der Waals surface area contributed by atoms with Crippen LogP contribution in [0.2, 0.25) is 0 Å². The van der Waals surface area contributed by atoms with Crippen LogP contribution in [-0.4, -0.2) is 57.6 Å². The molecule has 144 valence electrons. The van der Waals surface area contributed by atoms with Gasteiger partial charge in [-0.2, -0.15) is 0 Å². The second kappa shape index (κ2) is 10.2. The molecule has 0 aliphatic carbocycles. The van der Waals surface area contributed by atoms with Gasteiger partial charge in [-0.05, 0) is 44.4 Å². The SMILES string of the molecule is COc1cccc(OCC(=O)Nc2cccc(C(=O)NCCN(C)C)c2)c1. The van der Waals surface area contributed by atoms with Crippen molar-refractivity contribution in [1.82, 2.24) is 10.2 Å². The fourth-order valence-corrected chi connectivity index (χ4v) is 2.27. The van der Waals surface area contributed by atoms with Gasteiger partial charge in [0.1, 0.15) is 11.5 Å². The number of likely N-dealkylation sites (N-methyl/N-ethyl adjacent to an activating group) is 1. The molecule has 27 heavy (non-hydrogen) atoms. The molecule has 0 aliphatic heterocycles. The molecule has 0 spiro atoms. The van der Waals surface area contributed by atoms with Crippen molar-refractivity contribution in [1.29, 1.82) is 0 Å². The van der Waals surface area contributed by atoms with Crippen molar-refractivity contribution >= 4 is 17.5 Å². The van der Waals surface area contributed by atoms with Crippen LogP contribution < -0.4 is 20.1 Å². The Balaban J connectivity index is 1.87. The van der Waals surface area contributed by atoms with Crippen molar-refractivity contribution in [3.05, 3.63) is 54.1 Å². The highest BCUT2D eigenvalue weighted by Gasteiger charge is 2.09. The lowest BCUT2D eigenvalue weighted by Gasteiger charge is -2.11. The Labute approximate surface area is 159 Å². The molecule has 0 bridgehead atoms. The molecule has 2 amide bonds. The topological polar surface area (TPSA) is 79.9 Å². The van der Waals surface area contributed by atoms with Crippen LogP contribution in [0.5, 0.6) is 11.5 Å². The molecule has 2 rings (SSSR count). The number of carbonyl (C=O) groups is 2. The average Bonchev–Trinajstić information content (AvgIpc) is 2.66. The Hall–Kier alpha value is -3.06. The summed E-state index contributed by atoms with van der Waals surface area (Å²) in [7, 11) is 5.45. The third-order valence-corrected chi connectivity index (χ3v) is 3.66. The molecule has 0 fully saturated rings. The van der Waals surface area contributed by atoms with E-state index >= 15 is 0 Å². The second-order valence-electron chi connectivity index (χ2n) is 6.16. The molecule has 7 heteroatoms. The molecule has 0 saturated carbocycles. The average molecular weight is 371 g/mol. The largest absolute Gasteiger partial charge is 0.497 e. The third-order valence-electron chi connectivity index (χ3n) is 3.66. The first kappa shape index (κ1) is 20.3. The van der Waals surface area contributed by atoms with Crippen LogP contribution in [0, 0.1) is 0 Å². The van der Waals surface area contributed by atoms with Crippen LogP contribution in [0.4, 0.5) is 5.69 Å². The lowest BCUT2D eigenvalue weighted by molar-refractivity contribution is -0.118. The molecule has 2 aromatic carbocycles. The summed E-state index contributed by atoms with van der Waals surface area (Å²) in [5, 5.41) is 5.57. The van der Waals surface area contributed by atoms with E-state index in [1.165, 1.54) is 0 Å². The van der Waals surface area contributed by atoms with Crippen LogP contribution in [0.1, 0.15) is 10.4 Å². The fourth-order valence-electron chi connectivity index (χ4n) is 2.27. The molecule has 2 aromatic rings. The molecule has 2 N–H and O–H groups in total. The number of hydrogen-bond acceptors (Lipinski definition) is 5. The number of carbonyl (C=O) groups excluding carboxylic acids is 2. The molecule has 0 heterocycles. The van der Waals surface area contributed by atoms with E-state index in [0.29, 0.717) is 29.3 Å². The Morgan fingerprint density at radius 2 is 1.78 bits per heavy atom. The third kappa shape index (κ3) is 6.99. The van der Waals surface area contributed by atoms with Crippen LogP contribution >= 0.6 is 0 Å². The Morgan fingerprint density at radius 1 is 1.04 bits per heavy atom. The van der Waals surface area contributed by atoms with E-state index in [-0.39, 0.29) is 18.4 Å². The van der Waals surface area contributed by atoms with Gasteiger partial charge in [-0.15, -0.1) is 0 Å². The van der Waals surface area contributed by atoms with Gasteiger partial charge in [0.05, 0.1) is 7.11 Å². The molecule has 0 radical (unpaired) electrons. The van der Waals surface area contributed by atoms with Crippen LogP contribution in [0.15, 0.2) is 48.5 Å². The Morgan fingerprint density at radius 3 is 2.52 bits per heavy atom. The molecule has 0 aromatic heterocycles. The minimum absolute atomic E-state index is 0.146. The quantitative estimate of drug-likeness (QED) is 0.705. The number of methoxy groups -OCH3 is 1. The molecular weight excluding hydrogens is 346 g/mol. The monoisotopic (exact) mass is 371 g/mol. The van der Waals surface area contributed by atoms with E-state index in [4.69, 9.17) is 9.47 Å². The first-order valence-corrected chi connectivity index (χ1v) is 8.57. The van der Waals surface area contributed by atoms with Crippen molar-refractivity contribution in [2.45, 2.75) is 0 Å². The zero-order valence-electron chi connectivity index (χ0n) is 15.8. The van der Waals surface area contributed by atoms with Crippen molar-refractivity contribution in [3.8, 4) is 11.5 Å². The van der Waals surface area contributed by atoms with E-state index in [2.05, 4.69) is 10.6 Å². The van der Waals surface area contributed by atoms with Gasteiger partial charge < -0.3 is 25.0 Å². The zero-order valence-corrected chi connectivity index (χ0v) is 15.8. The molecule has 0 unspecified atom stereocenters. The van der Waals surface area contributed by atoms with Gasteiger partial charge in [0.2, 0.25) is 0 Å². The fraction of sp³-hybridized carbons (Fsp3) is 0.300. The number of nitrogens with one attached hydrogen (secondary N) is 2. The number of anilines is 1. The smallest absolute Gasteiger partial charge is 0.262 e. The normalized spacial score (nSPS) is 10.4. The standard InChI is InChI=1S/C20H25N3O4/c1-23(2)11-10-21-20(25)15-6-4-7-16(12-15)22-19(24)14-27-18-9-5-8-17(13-18)26-3/h4-9,12-13H,10-11,14H2,1-3H3,(H,21,25)(H,22,24). The lowest BCUT2D eigenvalue weighted by atomic mass is 10.2. The second-order valence-corrected chi connectivity index (χ2v) is 6.16. The maximum absolute atomic E-state index is 12.2. The molecule has 0 saturated heterocycles. The van der Waals surface area contributed by atoms with E-state index in [0.717, 1.165) is 6.54 Å². The summed E-state index contributed by atoms with van der Waals surface area (Å²) in [6.45, 7) is 1.16. The van der Waals surface area contributed by atoms with Crippen molar-refractivity contribution in [3.63, 3.8) is 0 Å². The summed E-state index contributed by atoms with van der Waals surface area (Å²) in [4.78, 5) is 26.2. The van der Waals surface area contributed by atoms with Gasteiger partial charge in [-0.25, -0.2) is 0 Å². The van der Waals surface area contributed by atoms with Crippen LogP contribution in [0.25, 0.3) is 0 Å². The highest BCUT2D eigenvalue weighted by molar-refractivity contribution is 5.97. The summed E-state index contributed by atoms with van der Waals surface area (Å²) in [5.41, 5.74) is 1.02. The first-order valence-electron chi connectivity index (χ1n) is 8.57. The van der Waals surface area contributed by atoms with E-state index in [1.54, 1.807) is 55.6 Å². The van der Waals surface area contributed by atoms with Gasteiger partial charge in [-0.1, -0.05) is 12.1 Å². The number of benzene rings is 2. The lowest BCUT2D eigenvalue weighted by Crippen LogP contribution is -2.31. The number of amides is 2. The number of hydrogen-bond donors (Lipinski definition) is 2. The number of nitrogens with zero attached hydrogens (tertiary/aromatic N) is 1. The first-order chi connectivity index (χ1) is 13.0. The highest BCUT2D eigenvalue weighted by Crippen LogP contribution is 2.19. The predicted molar refractivity (Wildman–Crippen MR) is 104 cm³/mol. The summed E-state index contributed by atoms with van der Waals surface area (Å²) >= 11 is 0. The summed E-state index contributed by atoms with van der Waals surface area (Å²) in [6, 6.07) is 13.8. The van der Waals surface area contributed by atoms with Crippen molar-refractivity contribution < 1.29 is 19.1 Å². The van der Waals surface area contributed by atoms with E-state index in [9.17, 15) is 9.59 Å². The molecule has 7 nitrogen and oxygen atoms in total. The minimum Gasteiger partial charge on any atom is -0.497 e. The van der Waals surface area contributed by atoms with Crippen LogP contribution in [-0.2, 0) is 4.79 Å². The zero-order chi connectivity index (χ0) is 19.6. The predicted octanol–water partition coefficient (Wildman–Crippen LogP) is 2.00. The number of rotatable bonds is 9. The molecule has 0 atom stereocenters. The van der Waals surface area contributed by atoms with Gasteiger partial charge in [0, 0.05) is 30.4 Å².